The highest BCUT2D eigenvalue weighted by Gasteiger charge is 2.32. The third kappa shape index (κ3) is 4.51. The van der Waals surface area contributed by atoms with Crippen molar-refractivity contribution in [3.05, 3.63) is 23.8 Å². The van der Waals surface area contributed by atoms with Crippen LogP contribution in [-0.4, -0.2) is 61.6 Å². The Morgan fingerprint density at radius 2 is 1.89 bits per heavy atom. The normalized spacial score (nSPS) is 19.3. The number of hydrogen-bond acceptors (Lipinski definition) is 4. The molecular formula is C21H31N3O4. The first-order chi connectivity index (χ1) is 13.5. The third-order valence-corrected chi connectivity index (χ3v) is 5.80. The van der Waals surface area contributed by atoms with Crippen LogP contribution in [0.1, 0.15) is 50.6 Å². The van der Waals surface area contributed by atoms with E-state index in [0.29, 0.717) is 30.6 Å². The summed E-state index contributed by atoms with van der Waals surface area (Å²) in [5.41, 5.74) is 0.836. The number of urea groups is 1. The monoisotopic (exact) mass is 389 g/mol. The van der Waals surface area contributed by atoms with E-state index in [1.807, 2.05) is 30.0 Å². The number of ether oxygens (including phenoxy) is 2. The lowest BCUT2D eigenvalue weighted by Crippen LogP contribution is -2.57. The standard InChI is InChI=1S/C21H31N3O4/c1-15(18-13-17(27-2)9-10-19(18)28-3)22-21(26)23-11-12-24(20(25)14-23)16-7-5-4-6-8-16/h9-10,13,15-16H,4-8,11-12,14H2,1-3H3,(H,22,26)/t15-/m0/s1. The van der Waals surface area contributed by atoms with Gasteiger partial charge in [0, 0.05) is 24.7 Å². The topological polar surface area (TPSA) is 71.1 Å². The van der Waals surface area contributed by atoms with Crippen molar-refractivity contribution >= 4 is 11.9 Å². The summed E-state index contributed by atoms with van der Waals surface area (Å²) in [6.45, 7) is 3.23. The maximum Gasteiger partial charge on any atom is 0.318 e. The molecular weight excluding hydrogens is 358 g/mol. The van der Waals surface area contributed by atoms with Gasteiger partial charge in [-0.2, -0.15) is 0 Å². The van der Waals surface area contributed by atoms with Crippen molar-refractivity contribution < 1.29 is 19.1 Å². The van der Waals surface area contributed by atoms with E-state index in [1.165, 1.54) is 19.3 Å². The van der Waals surface area contributed by atoms with Crippen molar-refractivity contribution in [2.45, 2.75) is 51.1 Å². The summed E-state index contributed by atoms with van der Waals surface area (Å²) in [5, 5.41) is 2.99. The van der Waals surface area contributed by atoms with Gasteiger partial charge in [-0.25, -0.2) is 4.79 Å². The van der Waals surface area contributed by atoms with Crippen LogP contribution < -0.4 is 14.8 Å². The zero-order valence-corrected chi connectivity index (χ0v) is 17.1. The summed E-state index contributed by atoms with van der Waals surface area (Å²) in [7, 11) is 3.20. The molecule has 2 aliphatic rings. The second kappa shape index (κ2) is 9.17. The first kappa shape index (κ1) is 20.3. The molecule has 1 atom stereocenters. The van der Waals surface area contributed by atoms with Gasteiger partial charge < -0.3 is 24.6 Å². The van der Waals surface area contributed by atoms with E-state index >= 15 is 0 Å². The summed E-state index contributed by atoms with van der Waals surface area (Å²) in [6, 6.07) is 5.35. The Hall–Kier alpha value is -2.44. The summed E-state index contributed by atoms with van der Waals surface area (Å²) < 4.78 is 10.7. The zero-order chi connectivity index (χ0) is 20.1. The van der Waals surface area contributed by atoms with Crippen LogP contribution in [0.15, 0.2) is 18.2 Å². The van der Waals surface area contributed by atoms with Crippen LogP contribution in [0, 0.1) is 0 Å². The van der Waals surface area contributed by atoms with Gasteiger partial charge in [0.2, 0.25) is 5.91 Å². The van der Waals surface area contributed by atoms with Crippen molar-refractivity contribution in [1.29, 1.82) is 0 Å². The molecule has 1 aliphatic carbocycles. The Bertz CT molecular complexity index is 703. The maximum atomic E-state index is 12.7. The second-order valence-electron chi connectivity index (χ2n) is 7.58. The fourth-order valence-electron chi connectivity index (χ4n) is 4.17. The van der Waals surface area contributed by atoms with Gasteiger partial charge in [-0.05, 0) is 38.0 Å². The number of nitrogens with one attached hydrogen (secondary N) is 1. The van der Waals surface area contributed by atoms with Crippen molar-refractivity contribution in [1.82, 2.24) is 15.1 Å². The Morgan fingerprint density at radius 3 is 2.54 bits per heavy atom. The molecule has 0 radical (unpaired) electrons. The summed E-state index contributed by atoms with van der Waals surface area (Å²) in [5.74, 6) is 1.44. The minimum Gasteiger partial charge on any atom is -0.497 e. The lowest BCUT2D eigenvalue weighted by molar-refractivity contribution is -0.138. The van der Waals surface area contributed by atoms with Gasteiger partial charge in [0.1, 0.15) is 18.0 Å². The van der Waals surface area contributed by atoms with Crippen LogP contribution >= 0.6 is 0 Å². The number of rotatable bonds is 5. The molecule has 0 spiro atoms. The molecule has 2 fully saturated rings. The molecule has 0 aromatic heterocycles. The van der Waals surface area contributed by atoms with Gasteiger partial charge >= 0.3 is 6.03 Å². The number of hydrogen-bond donors (Lipinski definition) is 1. The lowest BCUT2D eigenvalue weighted by atomic mass is 9.93. The predicted molar refractivity (Wildman–Crippen MR) is 107 cm³/mol. The molecule has 1 aromatic carbocycles. The average molecular weight is 389 g/mol. The maximum absolute atomic E-state index is 12.7. The quantitative estimate of drug-likeness (QED) is 0.841. The third-order valence-electron chi connectivity index (χ3n) is 5.80. The predicted octanol–water partition coefficient (Wildman–Crippen LogP) is 2.95. The van der Waals surface area contributed by atoms with Crippen LogP contribution in [0.25, 0.3) is 0 Å². The highest BCUT2D eigenvalue weighted by Crippen LogP contribution is 2.29. The zero-order valence-electron chi connectivity index (χ0n) is 17.1. The molecule has 28 heavy (non-hydrogen) atoms. The SMILES string of the molecule is COc1ccc(OC)c([C@H](C)NC(=O)N2CCN(C3CCCCC3)C(=O)C2)c1. The largest absolute Gasteiger partial charge is 0.497 e. The summed E-state index contributed by atoms with van der Waals surface area (Å²) >= 11 is 0. The van der Waals surface area contributed by atoms with Gasteiger partial charge in [0.25, 0.3) is 0 Å². The number of amides is 3. The van der Waals surface area contributed by atoms with Crippen molar-refractivity contribution in [2.75, 3.05) is 33.9 Å². The first-order valence-corrected chi connectivity index (χ1v) is 10.1. The average Bonchev–Trinajstić information content (AvgIpc) is 2.73. The van der Waals surface area contributed by atoms with E-state index in [9.17, 15) is 9.59 Å². The Morgan fingerprint density at radius 1 is 1.14 bits per heavy atom. The summed E-state index contributed by atoms with van der Waals surface area (Å²) in [6.07, 6.45) is 5.82. The molecule has 1 aromatic rings. The Kier molecular flexibility index (Phi) is 6.65. The smallest absolute Gasteiger partial charge is 0.318 e. The minimum atomic E-state index is -0.274. The molecule has 3 rings (SSSR count). The van der Waals surface area contributed by atoms with Crippen LogP contribution in [0.4, 0.5) is 4.79 Å². The summed E-state index contributed by atoms with van der Waals surface area (Å²) in [4.78, 5) is 28.9. The van der Waals surface area contributed by atoms with E-state index in [0.717, 1.165) is 18.4 Å². The van der Waals surface area contributed by atoms with Crippen molar-refractivity contribution in [2.24, 2.45) is 0 Å². The van der Waals surface area contributed by atoms with Crippen molar-refractivity contribution in [3.8, 4) is 11.5 Å². The van der Waals surface area contributed by atoms with Gasteiger partial charge in [0.15, 0.2) is 0 Å². The van der Waals surface area contributed by atoms with Crippen LogP contribution in [0.2, 0.25) is 0 Å². The van der Waals surface area contributed by atoms with Crippen LogP contribution in [0.5, 0.6) is 11.5 Å². The van der Waals surface area contributed by atoms with Gasteiger partial charge in [-0.3, -0.25) is 4.79 Å². The highest BCUT2D eigenvalue weighted by atomic mass is 16.5. The van der Waals surface area contributed by atoms with Gasteiger partial charge in [0.05, 0.1) is 20.3 Å². The number of piperazine rings is 1. The number of carbonyl (C=O) groups excluding carboxylic acids is 2. The highest BCUT2D eigenvalue weighted by molar-refractivity contribution is 5.85. The molecule has 154 valence electrons. The molecule has 3 amide bonds. The Labute approximate surface area is 167 Å². The molecule has 0 unspecified atom stereocenters. The molecule has 1 aliphatic heterocycles. The van der Waals surface area contributed by atoms with Crippen LogP contribution in [0.3, 0.4) is 0 Å². The molecule has 7 heteroatoms. The van der Waals surface area contributed by atoms with E-state index in [4.69, 9.17) is 9.47 Å². The number of carbonyl (C=O) groups is 2. The molecule has 0 bridgehead atoms. The molecule has 1 saturated carbocycles. The molecule has 1 N–H and O–H groups in total. The van der Waals surface area contributed by atoms with E-state index in [2.05, 4.69) is 5.32 Å². The van der Waals surface area contributed by atoms with E-state index < -0.39 is 0 Å². The fourth-order valence-corrected chi connectivity index (χ4v) is 4.17. The van der Waals surface area contributed by atoms with Crippen molar-refractivity contribution in [3.63, 3.8) is 0 Å². The lowest BCUT2D eigenvalue weighted by Gasteiger charge is -2.40. The van der Waals surface area contributed by atoms with Gasteiger partial charge in [-0.1, -0.05) is 19.3 Å². The number of benzene rings is 1. The van der Waals surface area contributed by atoms with Crippen LogP contribution in [-0.2, 0) is 4.79 Å². The first-order valence-electron chi connectivity index (χ1n) is 10.1. The Balaban J connectivity index is 1.60. The minimum absolute atomic E-state index is 0.0555. The molecule has 7 nitrogen and oxygen atoms in total. The fraction of sp³-hybridized carbons (Fsp3) is 0.619. The molecule has 1 heterocycles. The molecule has 1 saturated heterocycles. The van der Waals surface area contributed by atoms with Gasteiger partial charge in [-0.15, -0.1) is 0 Å². The number of nitrogens with zero attached hydrogens (tertiary/aromatic N) is 2. The number of methoxy groups -OCH3 is 2. The van der Waals surface area contributed by atoms with E-state index in [-0.39, 0.29) is 24.5 Å². The van der Waals surface area contributed by atoms with E-state index in [1.54, 1.807) is 19.1 Å². The second-order valence-corrected chi connectivity index (χ2v) is 7.58.